The molecule has 0 saturated carbocycles. The Balaban J connectivity index is 1.86. The zero-order chi connectivity index (χ0) is 17.3. The van der Waals surface area contributed by atoms with Crippen LogP contribution in [0.1, 0.15) is 5.56 Å². The fourth-order valence-electron chi connectivity index (χ4n) is 2.30. The third-order valence-corrected chi connectivity index (χ3v) is 4.71. The molecule has 1 aliphatic rings. The number of amides is 2. The molecule has 0 aromatic heterocycles. The summed E-state index contributed by atoms with van der Waals surface area (Å²) in [5.41, 5.74) is 2.47. The quantitative estimate of drug-likeness (QED) is 0.749. The molecule has 0 spiro atoms. The Kier molecular flexibility index (Phi) is 4.64. The Hall–Kier alpha value is -2.24. The monoisotopic (exact) mass is 358 g/mol. The van der Waals surface area contributed by atoms with Crippen LogP contribution in [0.15, 0.2) is 53.4 Å². The molecular weight excluding hydrogens is 344 g/mol. The summed E-state index contributed by atoms with van der Waals surface area (Å²) in [6, 6.07) is 14.4. The molecule has 0 bridgehead atoms. The first-order valence-corrected chi connectivity index (χ1v) is 8.46. The molecule has 2 aromatic rings. The third kappa shape index (κ3) is 3.32. The van der Waals surface area contributed by atoms with Gasteiger partial charge < -0.3 is 4.90 Å². The smallest absolute Gasteiger partial charge is 0.298 e. The highest BCUT2D eigenvalue weighted by molar-refractivity contribution is 8.19. The lowest BCUT2D eigenvalue weighted by molar-refractivity contribution is -0.113. The van der Waals surface area contributed by atoms with Crippen LogP contribution in [0.5, 0.6) is 0 Å². The topological polar surface area (TPSA) is 40.6 Å². The SMILES string of the molecule is CN(C)c1ccc(C=C2SC(=O)N(c3ccc(Cl)cc3)C2=O)cc1. The number of nitrogens with zero attached hydrogens (tertiary/aromatic N) is 2. The van der Waals surface area contributed by atoms with Gasteiger partial charge in [-0.25, -0.2) is 4.90 Å². The van der Waals surface area contributed by atoms with E-state index in [1.54, 1.807) is 30.3 Å². The molecule has 2 aromatic carbocycles. The van der Waals surface area contributed by atoms with E-state index < -0.39 is 0 Å². The molecule has 2 amide bonds. The Morgan fingerprint density at radius 1 is 1.00 bits per heavy atom. The van der Waals surface area contributed by atoms with Crippen molar-refractivity contribution in [3.63, 3.8) is 0 Å². The minimum atomic E-state index is -0.316. The highest BCUT2D eigenvalue weighted by atomic mass is 35.5. The van der Waals surface area contributed by atoms with E-state index in [-0.39, 0.29) is 11.1 Å². The molecule has 24 heavy (non-hydrogen) atoms. The van der Waals surface area contributed by atoms with E-state index in [2.05, 4.69) is 0 Å². The predicted molar refractivity (Wildman–Crippen MR) is 101 cm³/mol. The second-order valence-corrected chi connectivity index (χ2v) is 6.91. The summed E-state index contributed by atoms with van der Waals surface area (Å²) in [6.45, 7) is 0. The number of thioether (sulfide) groups is 1. The standard InChI is InChI=1S/C18H15ClN2O2S/c1-20(2)14-7-3-12(4-8-14)11-16-17(22)21(18(23)24-16)15-9-5-13(19)6-10-15/h3-11H,1-2H3. The average Bonchev–Trinajstić information content (AvgIpc) is 2.83. The number of carbonyl (C=O) groups excluding carboxylic acids is 2. The second kappa shape index (κ2) is 6.71. The first-order chi connectivity index (χ1) is 11.5. The lowest BCUT2D eigenvalue weighted by Crippen LogP contribution is -2.27. The lowest BCUT2D eigenvalue weighted by Gasteiger charge is -2.12. The molecule has 1 heterocycles. The molecule has 6 heteroatoms. The molecule has 1 aliphatic heterocycles. The number of hydrogen-bond acceptors (Lipinski definition) is 4. The largest absolute Gasteiger partial charge is 0.378 e. The van der Waals surface area contributed by atoms with Gasteiger partial charge in [-0.15, -0.1) is 0 Å². The molecule has 0 atom stereocenters. The maximum absolute atomic E-state index is 12.6. The summed E-state index contributed by atoms with van der Waals surface area (Å²) in [4.78, 5) is 28.3. The summed E-state index contributed by atoms with van der Waals surface area (Å²) in [5, 5.41) is 0.251. The van der Waals surface area contributed by atoms with Crippen LogP contribution in [0.4, 0.5) is 16.2 Å². The third-order valence-electron chi connectivity index (χ3n) is 3.59. The molecule has 0 unspecified atom stereocenters. The highest BCUT2D eigenvalue weighted by Gasteiger charge is 2.36. The Labute approximate surface area is 149 Å². The van der Waals surface area contributed by atoms with E-state index in [9.17, 15) is 9.59 Å². The van der Waals surface area contributed by atoms with Crippen molar-refractivity contribution in [1.29, 1.82) is 0 Å². The number of halogens is 1. The van der Waals surface area contributed by atoms with Crippen molar-refractivity contribution in [2.45, 2.75) is 0 Å². The summed E-state index contributed by atoms with van der Waals surface area (Å²) in [5.74, 6) is -0.316. The van der Waals surface area contributed by atoms with E-state index in [4.69, 9.17) is 11.6 Å². The van der Waals surface area contributed by atoms with Crippen LogP contribution < -0.4 is 9.80 Å². The van der Waals surface area contributed by atoms with Crippen molar-refractivity contribution in [2.24, 2.45) is 0 Å². The summed E-state index contributed by atoms with van der Waals surface area (Å²) < 4.78 is 0. The molecule has 1 saturated heterocycles. The molecule has 3 rings (SSSR count). The van der Waals surface area contributed by atoms with Crippen LogP contribution >= 0.6 is 23.4 Å². The minimum absolute atomic E-state index is 0.307. The number of benzene rings is 2. The van der Waals surface area contributed by atoms with Crippen molar-refractivity contribution >= 4 is 52.0 Å². The maximum atomic E-state index is 12.6. The van der Waals surface area contributed by atoms with E-state index in [1.165, 1.54) is 4.90 Å². The lowest BCUT2D eigenvalue weighted by atomic mass is 10.2. The first kappa shape index (κ1) is 16.6. The van der Waals surface area contributed by atoms with Gasteiger partial charge in [-0.2, -0.15) is 0 Å². The number of carbonyl (C=O) groups is 2. The van der Waals surface area contributed by atoms with Crippen molar-refractivity contribution in [3.8, 4) is 0 Å². The van der Waals surface area contributed by atoms with Gasteiger partial charge in [0.1, 0.15) is 0 Å². The van der Waals surface area contributed by atoms with Crippen LogP contribution in [0.2, 0.25) is 5.02 Å². The van der Waals surface area contributed by atoms with E-state index in [0.29, 0.717) is 15.6 Å². The van der Waals surface area contributed by atoms with Gasteiger partial charge in [0.15, 0.2) is 0 Å². The summed E-state index contributed by atoms with van der Waals surface area (Å²) >= 11 is 6.79. The van der Waals surface area contributed by atoms with Crippen LogP contribution in [0.25, 0.3) is 6.08 Å². The van der Waals surface area contributed by atoms with Crippen LogP contribution in [0, 0.1) is 0 Å². The Morgan fingerprint density at radius 3 is 2.21 bits per heavy atom. The van der Waals surface area contributed by atoms with Crippen molar-refractivity contribution < 1.29 is 9.59 Å². The average molecular weight is 359 g/mol. The summed E-state index contributed by atoms with van der Waals surface area (Å²) in [7, 11) is 3.93. The van der Waals surface area contributed by atoms with E-state index >= 15 is 0 Å². The van der Waals surface area contributed by atoms with Gasteiger partial charge >= 0.3 is 0 Å². The Morgan fingerprint density at radius 2 is 1.62 bits per heavy atom. The van der Waals surface area contributed by atoms with Gasteiger partial charge in [0, 0.05) is 24.8 Å². The van der Waals surface area contributed by atoms with Crippen molar-refractivity contribution in [1.82, 2.24) is 0 Å². The molecule has 0 radical (unpaired) electrons. The summed E-state index contributed by atoms with van der Waals surface area (Å²) in [6.07, 6.45) is 1.74. The van der Waals surface area contributed by atoms with Gasteiger partial charge in [0.25, 0.3) is 11.1 Å². The van der Waals surface area contributed by atoms with Gasteiger partial charge in [-0.1, -0.05) is 23.7 Å². The minimum Gasteiger partial charge on any atom is -0.378 e. The van der Waals surface area contributed by atoms with Crippen LogP contribution in [0.3, 0.4) is 0 Å². The van der Waals surface area contributed by atoms with Gasteiger partial charge in [0.2, 0.25) is 0 Å². The second-order valence-electron chi connectivity index (χ2n) is 5.48. The molecule has 4 nitrogen and oxygen atoms in total. The van der Waals surface area contributed by atoms with Crippen LogP contribution in [-0.2, 0) is 4.79 Å². The zero-order valence-electron chi connectivity index (χ0n) is 13.2. The maximum Gasteiger partial charge on any atom is 0.298 e. The highest BCUT2D eigenvalue weighted by Crippen LogP contribution is 2.36. The normalized spacial score (nSPS) is 16.1. The van der Waals surface area contributed by atoms with E-state index in [0.717, 1.165) is 23.0 Å². The predicted octanol–water partition coefficient (Wildman–Crippen LogP) is 4.65. The fraction of sp³-hybridized carbons (Fsp3) is 0.111. The van der Waals surface area contributed by atoms with E-state index in [1.807, 2.05) is 43.3 Å². The van der Waals surface area contributed by atoms with Crippen molar-refractivity contribution in [2.75, 3.05) is 23.9 Å². The Bertz CT molecular complexity index is 814. The number of rotatable bonds is 3. The molecule has 122 valence electrons. The first-order valence-electron chi connectivity index (χ1n) is 7.26. The van der Waals surface area contributed by atoms with Gasteiger partial charge in [0.05, 0.1) is 10.6 Å². The number of hydrogen-bond donors (Lipinski definition) is 0. The molecular formula is C18H15ClN2O2S. The molecule has 0 N–H and O–H groups in total. The van der Waals surface area contributed by atoms with Crippen molar-refractivity contribution in [3.05, 3.63) is 64.0 Å². The fourth-order valence-corrected chi connectivity index (χ4v) is 3.27. The molecule has 1 fully saturated rings. The number of anilines is 2. The van der Waals surface area contributed by atoms with Crippen LogP contribution in [-0.4, -0.2) is 25.2 Å². The zero-order valence-corrected chi connectivity index (χ0v) is 14.8. The van der Waals surface area contributed by atoms with Gasteiger partial charge in [-0.05, 0) is 59.8 Å². The molecule has 0 aliphatic carbocycles. The number of imide groups is 1. The van der Waals surface area contributed by atoms with Gasteiger partial charge in [-0.3, -0.25) is 9.59 Å².